The van der Waals surface area contributed by atoms with Crippen molar-refractivity contribution in [3.8, 4) is 0 Å². The molecule has 1 rings (SSSR count). The van der Waals surface area contributed by atoms with Crippen LogP contribution in [-0.2, 0) is 15.3 Å². The highest BCUT2D eigenvalue weighted by Gasteiger charge is 2.05. The molecule has 0 fully saturated rings. The van der Waals surface area contributed by atoms with Crippen LogP contribution in [0.2, 0.25) is 0 Å². The van der Waals surface area contributed by atoms with Crippen molar-refractivity contribution in [2.45, 2.75) is 12.7 Å². The number of benzene rings is 1. The normalized spacial score (nSPS) is 10.2. The Bertz CT molecular complexity index is 371. The van der Waals surface area contributed by atoms with Gasteiger partial charge in [-0.25, -0.2) is 4.39 Å². The summed E-state index contributed by atoms with van der Waals surface area (Å²) in [5, 5.41) is 0. The van der Waals surface area contributed by atoms with Gasteiger partial charge in [0.25, 0.3) is 0 Å². The highest BCUT2D eigenvalue weighted by atomic mass is 79.9. The van der Waals surface area contributed by atoms with Crippen LogP contribution in [0.4, 0.5) is 4.39 Å². The van der Waals surface area contributed by atoms with Gasteiger partial charge in [-0.1, -0.05) is 22.0 Å². The molecule has 2 nitrogen and oxygen atoms in total. The average molecular weight is 307 g/mol. The van der Waals surface area contributed by atoms with Gasteiger partial charge in [-0.15, -0.1) is 11.8 Å². The summed E-state index contributed by atoms with van der Waals surface area (Å²) >= 11 is 4.72. The molecule has 0 heterocycles. The Kier molecular flexibility index (Phi) is 5.84. The molecule has 5 heteroatoms. The Hall–Kier alpha value is -0.550. The van der Waals surface area contributed by atoms with Crippen molar-refractivity contribution in [1.29, 1.82) is 0 Å². The summed E-state index contributed by atoms with van der Waals surface area (Å²) in [6, 6.07) is 4.53. The lowest BCUT2D eigenvalue weighted by Gasteiger charge is -2.04. The van der Waals surface area contributed by atoms with Crippen LogP contribution in [-0.4, -0.2) is 18.3 Å². The molecule has 0 bridgehead atoms. The van der Waals surface area contributed by atoms with Crippen LogP contribution < -0.4 is 0 Å². The van der Waals surface area contributed by atoms with Gasteiger partial charge in [-0.3, -0.25) is 4.79 Å². The van der Waals surface area contributed by atoms with Crippen LogP contribution in [0, 0.1) is 5.82 Å². The number of hydrogen-bond acceptors (Lipinski definition) is 3. The van der Waals surface area contributed by atoms with Gasteiger partial charge in [0, 0.05) is 10.2 Å². The molecule has 16 heavy (non-hydrogen) atoms. The third-order valence-electron chi connectivity index (χ3n) is 1.80. The fraction of sp³-hybridized carbons (Fsp3) is 0.364. The summed E-state index contributed by atoms with van der Waals surface area (Å²) in [4.78, 5) is 11.1. The van der Waals surface area contributed by atoms with E-state index in [1.807, 2.05) is 0 Å². The Morgan fingerprint density at radius 1 is 1.56 bits per heavy atom. The maximum atomic E-state index is 12.8. The van der Waals surface area contributed by atoms with Gasteiger partial charge >= 0.3 is 5.97 Å². The molecule has 0 aliphatic rings. The smallest absolute Gasteiger partial charge is 0.315 e. The Balaban J connectivity index is 2.40. The van der Waals surface area contributed by atoms with E-state index in [1.165, 1.54) is 23.9 Å². The van der Waals surface area contributed by atoms with Crippen molar-refractivity contribution < 1.29 is 13.9 Å². The van der Waals surface area contributed by atoms with E-state index in [0.717, 1.165) is 10.0 Å². The largest absolute Gasteiger partial charge is 0.465 e. The third kappa shape index (κ3) is 4.53. The molecule has 1 aromatic rings. The molecule has 0 aliphatic heterocycles. The van der Waals surface area contributed by atoms with Gasteiger partial charge in [0.15, 0.2) is 0 Å². The van der Waals surface area contributed by atoms with Gasteiger partial charge in [0.05, 0.1) is 12.4 Å². The lowest BCUT2D eigenvalue weighted by Crippen LogP contribution is -2.06. The molecule has 88 valence electrons. The molecule has 0 aliphatic carbocycles. The fourth-order valence-corrected chi connectivity index (χ4v) is 2.59. The molecule has 0 unspecified atom stereocenters. The zero-order chi connectivity index (χ0) is 12.0. The molecule has 0 amide bonds. The molecule has 0 aromatic heterocycles. The first kappa shape index (κ1) is 13.5. The van der Waals surface area contributed by atoms with Crippen LogP contribution in [0.3, 0.4) is 0 Å². The predicted octanol–water partition coefficient (Wildman–Crippen LogP) is 3.38. The van der Waals surface area contributed by atoms with Crippen molar-refractivity contribution in [2.24, 2.45) is 0 Å². The standard InChI is InChI=1S/C11H12BrFO2S/c1-2-15-11(14)7-16-6-8-3-4-9(13)5-10(8)12/h3-5H,2,6-7H2,1H3. The number of thioether (sulfide) groups is 1. The summed E-state index contributed by atoms with van der Waals surface area (Å²) in [6.45, 7) is 2.18. The second kappa shape index (κ2) is 6.91. The number of rotatable bonds is 5. The van der Waals surface area contributed by atoms with Gasteiger partial charge in [-0.2, -0.15) is 0 Å². The van der Waals surface area contributed by atoms with Crippen molar-refractivity contribution in [3.63, 3.8) is 0 Å². The average Bonchev–Trinajstić information content (AvgIpc) is 2.22. The minimum absolute atomic E-state index is 0.217. The number of carbonyl (C=O) groups is 1. The van der Waals surface area contributed by atoms with Crippen LogP contribution in [0.5, 0.6) is 0 Å². The van der Waals surface area contributed by atoms with E-state index in [4.69, 9.17) is 4.74 Å². The number of ether oxygens (including phenoxy) is 1. The van der Waals surface area contributed by atoms with Gasteiger partial charge in [0.2, 0.25) is 0 Å². The van der Waals surface area contributed by atoms with Crippen molar-refractivity contribution in [3.05, 3.63) is 34.1 Å². The molecule has 0 radical (unpaired) electrons. The fourth-order valence-electron chi connectivity index (χ4n) is 1.09. The maximum Gasteiger partial charge on any atom is 0.315 e. The zero-order valence-electron chi connectivity index (χ0n) is 8.83. The monoisotopic (exact) mass is 306 g/mol. The zero-order valence-corrected chi connectivity index (χ0v) is 11.2. The van der Waals surface area contributed by atoms with Gasteiger partial charge < -0.3 is 4.74 Å². The van der Waals surface area contributed by atoms with Crippen LogP contribution >= 0.6 is 27.7 Å². The minimum atomic E-state index is -0.272. The van der Waals surface area contributed by atoms with Crippen LogP contribution in [0.25, 0.3) is 0 Å². The second-order valence-corrected chi connectivity index (χ2v) is 4.87. The number of halogens is 2. The van der Waals surface area contributed by atoms with E-state index in [0.29, 0.717) is 18.1 Å². The Morgan fingerprint density at radius 3 is 2.94 bits per heavy atom. The first-order valence-corrected chi connectivity index (χ1v) is 6.75. The van der Waals surface area contributed by atoms with E-state index in [9.17, 15) is 9.18 Å². The molecule has 0 atom stereocenters. The van der Waals surface area contributed by atoms with E-state index in [2.05, 4.69) is 15.9 Å². The summed E-state index contributed by atoms with van der Waals surface area (Å²) in [7, 11) is 0. The van der Waals surface area contributed by atoms with E-state index >= 15 is 0 Å². The lowest BCUT2D eigenvalue weighted by molar-refractivity contribution is -0.139. The maximum absolute atomic E-state index is 12.8. The predicted molar refractivity (Wildman–Crippen MR) is 66.9 cm³/mol. The number of esters is 1. The van der Waals surface area contributed by atoms with Crippen LogP contribution in [0.15, 0.2) is 22.7 Å². The highest BCUT2D eigenvalue weighted by molar-refractivity contribution is 9.10. The number of carbonyl (C=O) groups excluding carboxylic acids is 1. The molecule has 0 spiro atoms. The minimum Gasteiger partial charge on any atom is -0.465 e. The molecular formula is C11H12BrFO2S. The summed E-state index contributed by atoms with van der Waals surface area (Å²) in [5.41, 5.74) is 0.968. The summed E-state index contributed by atoms with van der Waals surface area (Å²) < 4.78 is 18.3. The number of hydrogen-bond donors (Lipinski definition) is 0. The third-order valence-corrected chi connectivity index (χ3v) is 3.49. The van der Waals surface area contributed by atoms with E-state index in [-0.39, 0.29) is 11.8 Å². The van der Waals surface area contributed by atoms with E-state index < -0.39 is 0 Å². The van der Waals surface area contributed by atoms with Crippen LogP contribution in [0.1, 0.15) is 12.5 Å². The first-order chi connectivity index (χ1) is 7.63. The highest BCUT2D eigenvalue weighted by Crippen LogP contribution is 2.22. The lowest BCUT2D eigenvalue weighted by atomic mass is 10.2. The summed E-state index contributed by atoms with van der Waals surface area (Å²) in [6.07, 6.45) is 0. The molecule has 0 saturated heterocycles. The van der Waals surface area contributed by atoms with Gasteiger partial charge in [-0.05, 0) is 24.6 Å². The second-order valence-electron chi connectivity index (χ2n) is 3.03. The van der Waals surface area contributed by atoms with Gasteiger partial charge in [0.1, 0.15) is 5.82 Å². The molecule has 0 saturated carbocycles. The SMILES string of the molecule is CCOC(=O)CSCc1ccc(F)cc1Br. The Labute approximate surface area is 107 Å². The van der Waals surface area contributed by atoms with Crippen molar-refractivity contribution in [2.75, 3.05) is 12.4 Å². The van der Waals surface area contributed by atoms with Crippen molar-refractivity contribution >= 4 is 33.7 Å². The molecule has 0 N–H and O–H groups in total. The quantitative estimate of drug-likeness (QED) is 0.780. The first-order valence-electron chi connectivity index (χ1n) is 4.80. The summed E-state index contributed by atoms with van der Waals surface area (Å²) in [5.74, 6) is 0.480. The van der Waals surface area contributed by atoms with Crippen molar-refractivity contribution in [1.82, 2.24) is 0 Å². The topological polar surface area (TPSA) is 26.3 Å². The molecular weight excluding hydrogens is 295 g/mol. The Morgan fingerprint density at radius 2 is 2.31 bits per heavy atom. The molecule has 1 aromatic carbocycles. The van der Waals surface area contributed by atoms with E-state index in [1.54, 1.807) is 13.0 Å².